The predicted molar refractivity (Wildman–Crippen MR) is 73.6 cm³/mol. The van der Waals surface area contributed by atoms with Crippen LogP contribution in [0.2, 0.25) is 0 Å². The second-order valence-electron chi connectivity index (χ2n) is 4.60. The predicted octanol–water partition coefficient (Wildman–Crippen LogP) is 2.07. The second kappa shape index (κ2) is 8.19. The summed E-state index contributed by atoms with van der Waals surface area (Å²) in [6.45, 7) is 7.03. The summed E-state index contributed by atoms with van der Waals surface area (Å²) >= 11 is 0. The summed E-state index contributed by atoms with van der Waals surface area (Å²) in [7, 11) is 0. The minimum absolute atomic E-state index is 0.0584. The van der Waals surface area contributed by atoms with Crippen molar-refractivity contribution in [3.05, 3.63) is 35.4 Å². The zero-order valence-electron chi connectivity index (χ0n) is 11.6. The molecule has 1 aromatic rings. The smallest absolute Gasteiger partial charge is 0.162 e. The zero-order valence-corrected chi connectivity index (χ0v) is 11.6. The molecule has 19 heavy (non-hydrogen) atoms. The number of hydrogen-bond acceptors (Lipinski definition) is 3. The molecule has 0 spiro atoms. The summed E-state index contributed by atoms with van der Waals surface area (Å²) in [6, 6.07) is 4.18. The number of hydrazine groups is 1. The highest BCUT2D eigenvalue weighted by Crippen LogP contribution is 2.14. The van der Waals surface area contributed by atoms with Crippen LogP contribution in [0.1, 0.15) is 25.8 Å². The molecule has 0 radical (unpaired) electrons. The van der Waals surface area contributed by atoms with Gasteiger partial charge in [-0.05, 0) is 44.1 Å². The summed E-state index contributed by atoms with van der Waals surface area (Å²) < 4.78 is 26.7. The SMILES string of the molecule is CCN(CC)CCC(Cc1cccc(F)c1F)NN. The quantitative estimate of drug-likeness (QED) is 0.562. The summed E-state index contributed by atoms with van der Waals surface area (Å²) in [5.41, 5.74) is 3.05. The number of rotatable bonds is 8. The van der Waals surface area contributed by atoms with E-state index in [-0.39, 0.29) is 6.04 Å². The number of halogens is 2. The third-order valence-electron chi connectivity index (χ3n) is 3.42. The Hall–Kier alpha value is -1.04. The number of benzene rings is 1. The molecule has 1 unspecified atom stereocenters. The maximum absolute atomic E-state index is 13.6. The molecule has 0 saturated carbocycles. The van der Waals surface area contributed by atoms with E-state index < -0.39 is 11.6 Å². The van der Waals surface area contributed by atoms with Crippen LogP contribution in [0.15, 0.2) is 18.2 Å². The molecule has 0 aliphatic heterocycles. The summed E-state index contributed by atoms with van der Waals surface area (Å²) in [4.78, 5) is 2.27. The molecular formula is C14H23F2N3. The Kier molecular flexibility index (Phi) is 6.91. The Labute approximate surface area is 113 Å². The van der Waals surface area contributed by atoms with Crippen LogP contribution in [0.5, 0.6) is 0 Å². The van der Waals surface area contributed by atoms with E-state index in [4.69, 9.17) is 5.84 Å². The number of hydrogen-bond donors (Lipinski definition) is 2. The fourth-order valence-corrected chi connectivity index (χ4v) is 2.09. The Balaban J connectivity index is 2.59. The minimum atomic E-state index is -0.808. The van der Waals surface area contributed by atoms with Gasteiger partial charge in [0.15, 0.2) is 11.6 Å². The molecule has 5 heteroatoms. The van der Waals surface area contributed by atoms with Crippen molar-refractivity contribution in [2.45, 2.75) is 32.7 Å². The molecule has 0 fully saturated rings. The average molecular weight is 271 g/mol. The topological polar surface area (TPSA) is 41.3 Å². The molecule has 0 aliphatic carbocycles. The lowest BCUT2D eigenvalue weighted by Crippen LogP contribution is -2.40. The van der Waals surface area contributed by atoms with Crippen molar-refractivity contribution in [3.8, 4) is 0 Å². The lowest BCUT2D eigenvalue weighted by molar-refractivity contribution is 0.280. The number of nitrogens with two attached hydrogens (primary N) is 1. The highest BCUT2D eigenvalue weighted by atomic mass is 19.2. The zero-order chi connectivity index (χ0) is 14.3. The molecule has 0 aliphatic rings. The van der Waals surface area contributed by atoms with Crippen molar-refractivity contribution < 1.29 is 8.78 Å². The van der Waals surface area contributed by atoms with Crippen molar-refractivity contribution in [1.29, 1.82) is 0 Å². The minimum Gasteiger partial charge on any atom is -0.304 e. The fourth-order valence-electron chi connectivity index (χ4n) is 2.09. The summed E-state index contributed by atoms with van der Waals surface area (Å²) in [6.07, 6.45) is 1.19. The van der Waals surface area contributed by atoms with Gasteiger partial charge in [-0.15, -0.1) is 0 Å². The van der Waals surface area contributed by atoms with Gasteiger partial charge in [-0.3, -0.25) is 11.3 Å². The van der Waals surface area contributed by atoms with Gasteiger partial charge in [-0.2, -0.15) is 0 Å². The monoisotopic (exact) mass is 271 g/mol. The van der Waals surface area contributed by atoms with Gasteiger partial charge in [0.2, 0.25) is 0 Å². The first kappa shape index (κ1) is 16.0. The van der Waals surface area contributed by atoms with Crippen molar-refractivity contribution in [2.24, 2.45) is 5.84 Å². The molecule has 1 aromatic carbocycles. The van der Waals surface area contributed by atoms with Crippen molar-refractivity contribution in [3.63, 3.8) is 0 Å². The number of nitrogens with zero attached hydrogens (tertiary/aromatic N) is 1. The van der Waals surface area contributed by atoms with Crippen LogP contribution in [-0.2, 0) is 6.42 Å². The van der Waals surface area contributed by atoms with E-state index in [1.165, 1.54) is 6.07 Å². The molecule has 0 aromatic heterocycles. The lowest BCUT2D eigenvalue weighted by atomic mass is 10.0. The van der Waals surface area contributed by atoms with Crippen LogP contribution in [0.4, 0.5) is 8.78 Å². The molecule has 0 saturated heterocycles. The van der Waals surface area contributed by atoms with Gasteiger partial charge in [0.05, 0.1) is 0 Å². The highest BCUT2D eigenvalue weighted by Gasteiger charge is 2.14. The molecule has 3 nitrogen and oxygen atoms in total. The second-order valence-corrected chi connectivity index (χ2v) is 4.60. The Morgan fingerprint density at radius 3 is 2.53 bits per heavy atom. The molecular weight excluding hydrogens is 248 g/mol. The Morgan fingerprint density at radius 2 is 1.95 bits per heavy atom. The van der Waals surface area contributed by atoms with Crippen molar-refractivity contribution in [1.82, 2.24) is 10.3 Å². The van der Waals surface area contributed by atoms with Gasteiger partial charge in [0.25, 0.3) is 0 Å². The van der Waals surface area contributed by atoms with E-state index in [9.17, 15) is 8.78 Å². The standard InChI is InChI=1S/C14H23F2N3/c1-3-19(4-2)9-8-12(18-17)10-11-6-5-7-13(15)14(11)16/h5-7,12,18H,3-4,8-10,17H2,1-2H3. The first-order valence-corrected chi connectivity index (χ1v) is 6.73. The molecule has 0 bridgehead atoms. The van der Waals surface area contributed by atoms with Crippen LogP contribution < -0.4 is 11.3 Å². The van der Waals surface area contributed by atoms with E-state index in [1.54, 1.807) is 6.07 Å². The van der Waals surface area contributed by atoms with Gasteiger partial charge in [0.1, 0.15) is 0 Å². The summed E-state index contributed by atoms with van der Waals surface area (Å²) in [5.74, 6) is 3.91. The van der Waals surface area contributed by atoms with Crippen LogP contribution in [0.3, 0.4) is 0 Å². The van der Waals surface area contributed by atoms with Crippen molar-refractivity contribution in [2.75, 3.05) is 19.6 Å². The summed E-state index contributed by atoms with van der Waals surface area (Å²) in [5, 5.41) is 0. The largest absolute Gasteiger partial charge is 0.304 e. The van der Waals surface area contributed by atoms with E-state index in [0.717, 1.165) is 32.1 Å². The normalized spacial score (nSPS) is 12.9. The van der Waals surface area contributed by atoms with Gasteiger partial charge in [0, 0.05) is 6.04 Å². The van der Waals surface area contributed by atoms with Crippen LogP contribution in [0.25, 0.3) is 0 Å². The molecule has 3 N–H and O–H groups in total. The number of nitrogens with one attached hydrogen (secondary N) is 1. The maximum Gasteiger partial charge on any atom is 0.162 e. The van der Waals surface area contributed by atoms with Gasteiger partial charge >= 0.3 is 0 Å². The molecule has 0 amide bonds. The Morgan fingerprint density at radius 1 is 1.26 bits per heavy atom. The molecule has 1 atom stereocenters. The molecule has 1 rings (SSSR count). The van der Waals surface area contributed by atoms with Crippen LogP contribution in [0, 0.1) is 11.6 Å². The molecule has 108 valence electrons. The third kappa shape index (κ3) is 4.86. The van der Waals surface area contributed by atoms with Crippen LogP contribution in [-0.4, -0.2) is 30.6 Å². The van der Waals surface area contributed by atoms with E-state index in [0.29, 0.717) is 12.0 Å². The first-order chi connectivity index (χ1) is 9.12. The van der Waals surface area contributed by atoms with E-state index in [2.05, 4.69) is 24.2 Å². The third-order valence-corrected chi connectivity index (χ3v) is 3.42. The fraction of sp³-hybridized carbons (Fsp3) is 0.571. The van der Waals surface area contributed by atoms with E-state index >= 15 is 0 Å². The van der Waals surface area contributed by atoms with Crippen LogP contribution >= 0.6 is 0 Å². The van der Waals surface area contributed by atoms with Gasteiger partial charge < -0.3 is 4.90 Å². The lowest BCUT2D eigenvalue weighted by Gasteiger charge is -2.22. The molecule has 0 heterocycles. The van der Waals surface area contributed by atoms with E-state index in [1.807, 2.05) is 0 Å². The van der Waals surface area contributed by atoms with Gasteiger partial charge in [-0.1, -0.05) is 26.0 Å². The van der Waals surface area contributed by atoms with Crippen molar-refractivity contribution >= 4 is 0 Å². The highest BCUT2D eigenvalue weighted by molar-refractivity contribution is 5.20. The maximum atomic E-state index is 13.6. The first-order valence-electron chi connectivity index (χ1n) is 6.73. The Bertz CT molecular complexity index is 381. The average Bonchev–Trinajstić information content (AvgIpc) is 2.43. The van der Waals surface area contributed by atoms with Gasteiger partial charge in [-0.25, -0.2) is 8.78 Å².